The summed E-state index contributed by atoms with van der Waals surface area (Å²) >= 11 is 1.55. The van der Waals surface area contributed by atoms with Gasteiger partial charge in [-0.25, -0.2) is 14.4 Å². The van der Waals surface area contributed by atoms with Crippen LogP contribution in [0.15, 0.2) is 42.0 Å². The zero-order chi connectivity index (χ0) is 22.7. The van der Waals surface area contributed by atoms with Gasteiger partial charge in [-0.1, -0.05) is 0 Å². The molecule has 4 rings (SSSR count). The third kappa shape index (κ3) is 4.36. The fourth-order valence-electron chi connectivity index (χ4n) is 3.49. The quantitative estimate of drug-likeness (QED) is 0.402. The van der Waals surface area contributed by atoms with E-state index in [1.807, 2.05) is 31.4 Å². The van der Waals surface area contributed by atoms with Crippen molar-refractivity contribution in [3.8, 4) is 28.1 Å². The first-order valence-electron chi connectivity index (χ1n) is 10.1. The molecule has 1 aromatic carbocycles. The zero-order valence-corrected chi connectivity index (χ0v) is 18.7. The van der Waals surface area contributed by atoms with Crippen molar-refractivity contribution >= 4 is 28.1 Å². The standard InChI is InChI=1S/C23H22FN5O2S/c1-14(2)31-16-9-21(32-12-16)19-10-22(28-13-27-19)26-6-7-29-15(11-25)8-17-20(30-3)5-4-18(24)23(17)29/h4-5,8-10,12-14H,6-7H2,1-3H3,(H,26,27,28). The van der Waals surface area contributed by atoms with E-state index in [0.29, 0.717) is 41.3 Å². The van der Waals surface area contributed by atoms with Crippen LogP contribution in [0.5, 0.6) is 11.5 Å². The number of aromatic nitrogens is 3. The van der Waals surface area contributed by atoms with E-state index in [1.165, 1.54) is 19.5 Å². The minimum absolute atomic E-state index is 0.105. The van der Waals surface area contributed by atoms with Crippen LogP contribution in [0.2, 0.25) is 0 Å². The number of nitrogens with one attached hydrogen (secondary N) is 1. The van der Waals surface area contributed by atoms with Gasteiger partial charge < -0.3 is 19.4 Å². The van der Waals surface area contributed by atoms with Crippen LogP contribution < -0.4 is 14.8 Å². The molecule has 0 atom stereocenters. The first-order valence-corrected chi connectivity index (χ1v) is 11.0. The Morgan fingerprint density at radius 1 is 1.25 bits per heavy atom. The molecule has 0 unspecified atom stereocenters. The Hall–Kier alpha value is -3.64. The predicted molar refractivity (Wildman–Crippen MR) is 123 cm³/mol. The lowest BCUT2D eigenvalue weighted by atomic mass is 10.2. The number of halogens is 1. The molecule has 0 bridgehead atoms. The van der Waals surface area contributed by atoms with E-state index in [2.05, 4.69) is 21.4 Å². The second-order valence-electron chi connectivity index (χ2n) is 7.33. The van der Waals surface area contributed by atoms with Gasteiger partial charge in [0.1, 0.15) is 41.2 Å². The van der Waals surface area contributed by atoms with Crippen LogP contribution in [0.1, 0.15) is 19.5 Å². The van der Waals surface area contributed by atoms with Gasteiger partial charge in [-0.15, -0.1) is 11.3 Å². The highest BCUT2D eigenvalue weighted by molar-refractivity contribution is 7.13. The van der Waals surface area contributed by atoms with Crippen LogP contribution in [0.4, 0.5) is 10.2 Å². The maximum absolute atomic E-state index is 14.5. The summed E-state index contributed by atoms with van der Waals surface area (Å²) in [6.45, 7) is 4.79. The number of ether oxygens (including phenoxy) is 2. The number of benzene rings is 1. The summed E-state index contributed by atoms with van der Waals surface area (Å²) in [6.07, 6.45) is 1.60. The molecular formula is C23H22FN5O2S. The molecule has 1 N–H and O–H groups in total. The smallest absolute Gasteiger partial charge is 0.147 e. The fourth-order valence-corrected chi connectivity index (χ4v) is 4.27. The Balaban J connectivity index is 1.51. The molecule has 0 aliphatic rings. The number of anilines is 1. The van der Waals surface area contributed by atoms with Gasteiger partial charge in [0.2, 0.25) is 0 Å². The van der Waals surface area contributed by atoms with Crippen molar-refractivity contribution in [1.29, 1.82) is 5.26 Å². The number of thiophene rings is 1. The molecule has 3 heterocycles. The topological polar surface area (TPSA) is 85.0 Å². The molecule has 3 aromatic heterocycles. The van der Waals surface area contributed by atoms with Crippen LogP contribution in [-0.2, 0) is 6.54 Å². The Kier molecular flexibility index (Phi) is 6.23. The van der Waals surface area contributed by atoms with Gasteiger partial charge in [0.15, 0.2) is 0 Å². The summed E-state index contributed by atoms with van der Waals surface area (Å²) in [5.41, 5.74) is 1.50. The number of methoxy groups -OCH3 is 1. The van der Waals surface area contributed by atoms with Gasteiger partial charge in [-0.05, 0) is 32.0 Å². The Morgan fingerprint density at radius 3 is 2.84 bits per heavy atom. The van der Waals surface area contributed by atoms with Crippen LogP contribution in [-0.4, -0.2) is 34.3 Å². The van der Waals surface area contributed by atoms with Crippen molar-refractivity contribution in [2.75, 3.05) is 19.0 Å². The molecule has 0 saturated carbocycles. The maximum atomic E-state index is 14.5. The average Bonchev–Trinajstić information content (AvgIpc) is 3.39. The first-order chi connectivity index (χ1) is 15.5. The Bertz CT molecular complexity index is 1290. The van der Waals surface area contributed by atoms with E-state index in [0.717, 1.165) is 16.3 Å². The largest absolute Gasteiger partial charge is 0.496 e. The summed E-state index contributed by atoms with van der Waals surface area (Å²) < 4.78 is 27.2. The number of fused-ring (bicyclic) bond motifs is 1. The van der Waals surface area contributed by atoms with Crippen LogP contribution >= 0.6 is 11.3 Å². The van der Waals surface area contributed by atoms with E-state index in [1.54, 1.807) is 28.0 Å². The van der Waals surface area contributed by atoms with E-state index >= 15 is 0 Å². The van der Waals surface area contributed by atoms with Gasteiger partial charge in [-0.2, -0.15) is 5.26 Å². The third-order valence-corrected chi connectivity index (χ3v) is 5.74. The highest BCUT2D eigenvalue weighted by Crippen LogP contribution is 2.32. The molecule has 0 aliphatic carbocycles. The molecule has 0 fully saturated rings. The zero-order valence-electron chi connectivity index (χ0n) is 17.9. The van der Waals surface area contributed by atoms with Crippen LogP contribution in [0, 0.1) is 17.1 Å². The molecule has 7 nitrogen and oxygen atoms in total. The summed E-state index contributed by atoms with van der Waals surface area (Å²) in [5.74, 6) is 1.59. The molecule has 9 heteroatoms. The van der Waals surface area contributed by atoms with Crippen molar-refractivity contribution in [3.05, 3.63) is 53.6 Å². The Labute approximate surface area is 189 Å². The molecular weight excluding hydrogens is 429 g/mol. The third-order valence-electron chi connectivity index (χ3n) is 4.81. The molecule has 0 radical (unpaired) electrons. The van der Waals surface area contributed by atoms with Gasteiger partial charge in [0, 0.05) is 36.0 Å². The van der Waals surface area contributed by atoms with Crippen LogP contribution in [0.25, 0.3) is 21.5 Å². The van der Waals surface area contributed by atoms with E-state index in [-0.39, 0.29) is 6.10 Å². The van der Waals surface area contributed by atoms with Crippen molar-refractivity contribution < 1.29 is 13.9 Å². The lowest BCUT2D eigenvalue weighted by Crippen LogP contribution is -2.13. The summed E-state index contributed by atoms with van der Waals surface area (Å²) in [7, 11) is 1.52. The number of hydrogen-bond acceptors (Lipinski definition) is 7. The molecule has 0 spiro atoms. The number of nitriles is 1. The van der Waals surface area contributed by atoms with Crippen molar-refractivity contribution in [2.45, 2.75) is 26.5 Å². The SMILES string of the molecule is COc1ccc(F)c2c1cc(C#N)n2CCNc1cc(-c2cc(OC(C)C)cs2)ncn1. The normalized spacial score (nSPS) is 11.0. The molecule has 4 aromatic rings. The maximum Gasteiger partial charge on any atom is 0.147 e. The monoisotopic (exact) mass is 451 g/mol. The fraction of sp³-hybridized carbons (Fsp3) is 0.261. The minimum Gasteiger partial charge on any atom is -0.496 e. The second kappa shape index (κ2) is 9.24. The number of nitrogens with zero attached hydrogens (tertiary/aromatic N) is 4. The lowest BCUT2D eigenvalue weighted by Gasteiger charge is -2.11. The predicted octanol–water partition coefficient (Wildman–Crippen LogP) is 5.08. The van der Waals surface area contributed by atoms with E-state index < -0.39 is 5.82 Å². The second-order valence-corrected chi connectivity index (χ2v) is 8.24. The van der Waals surface area contributed by atoms with Crippen molar-refractivity contribution in [2.24, 2.45) is 0 Å². The van der Waals surface area contributed by atoms with Crippen molar-refractivity contribution in [1.82, 2.24) is 14.5 Å². The lowest BCUT2D eigenvalue weighted by molar-refractivity contribution is 0.243. The number of rotatable bonds is 8. The summed E-state index contributed by atoms with van der Waals surface area (Å²) in [5, 5.41) is 15.3. The Morgan fingerprint density at radius 2 is 2.09 bits per heavy atom. The van der Waals surface area contributed by atoms with Crippen LogP contribution in [0.3, 0.4) is 0 Å². The van der Waals surface area contributed by atoms with Gasteiger partial charge in [0.05, 0.1) is 29.3 Å². The molecule has 164 valence electrons. The van der Waals surface area contributed by atoms with E-state index in [4.69, 9.17) is 9.47 Å². The van der Waals surface area contributed by atoms with Gasteiger partial charge in [-0.3, -0.25) is 0 Å². The molecule has 32 heavy (non-hydrogen) atoms. The van der Waals surface area contributed by atoms with Gasteiger partial charge >= 0.3 is 0 Å². The summed E-state index contributed by atoms with van der Waals surface area (Å²) in [6, 6.07) is 10.5. The number of hydrogen-bond donors (Lipinski definition) is 1. The summed E-state index contributed by atoms with van der Waals surface area (Å²) in [4.78, 5) is 9.60. The average molecular weight is 452 g/mol. The van der Waals surface area contributed by atoms with E-state index in [9.17, 15) is 9.65 Å². The molecule has 0 saturated heterocycles. The molecule has 0 aliphatic heterocycles. The molecule has 0 amide bonds. The highest BCUT2D eigenvalue weighted by atomic mass is 32.1. The first kappa shape index (κ1) is 21.6. The minimum atomic E-state index is -0.399. The van der Waals surface area contributed by atoms with Gasteiger partial charge in [0.25, 0.3) is 0 Å². The van der Waals surface area contributed by atoms with Crippen molar-refractivity contribution in [3.63, 3.8) is 0 Å². The highest BCUT2D eigenvalue weighted by Gasteiger charge is 2.16.